The number of nitrogens with zero attached hydrogens (tertiary/aromatic N) is 2. The average Bonchev–Trinajstić information content (AvgIpc) is 2.50. The molecular formula is C8H8N2S. The summed E-state index contributed by atoms with van der Waals surface area (Å²) in [5.41, 5.74) is 2.19. The predicted octanol–water partition coefficient (Wildman–Crippen LogP) is 1.76. The van der Waals surface area contributed by atoms with Gasteiger partial charge in [0.2, 0.25) is 0 Å². The molecule has 0 saturated heterocycles. The molecule has 0 radical (unpaired) electrons. The van der Waals surface area contributed by atoms with Crippen molar-refractivity contribution in [1.29, 1.82) is 0 Å². The van der Waals surface area contributed by atoms with Gasteiger partial charge in [0.15, 0.2) is 0 Å². The zero-order valence-electron chi connectivity index (χ0n) is 5.94. The number of imidazole rings is 1. The lowest BCUT2D eigenvalue weighted by Crippen LogP contribution is -1.85. The molecule has 0 amide bonds. The van der Waals surface area contributed by atoms with E-state index >= 15 is 0 Å². The summed E-state index contributed by atoms with van der Waals surface area (Å²) >= 11 is 4.18. The molecule has 0 aliphatic rings. The van der Waals surface area contributed by atoms with E-state index in [1.807, 2.05) is 28.9 Å². The van der Waals surface area contributed by atoms with Crippen molar-refractivity contribution < 1.29 is 0 Å². The van der Waals surface area contributed by atoms with Crippen molar-refractivity contribution in [1.82, 2.24) is 9.38 Å². The molecule has 0 aromatic carbocycles. The van der Waals surface area contributed by atoms with Gasteiger partial charge >= 0.3 is 0 Å². The van der Waals surface area contributed by atoms with Crippen molar-refractivity contribution in [3.63, 3.8) is 0 Å². The molecule has 2 heterocycles. The first-order chi connectivity index (χ1) is 5.40. The van der Waals surface area contributed by atoms with Crippen molar-refractivity contribution in [2.45, 2.75) is 5.75 Å². The van der Waals surface area contributed by atoms with E-state index in [2.05, 4.69) is 17.6 Å². The fourth-order valence-corrected chi connectivity index (χ4v) is 1.25. The largest absolute Gasteiger partial charge is 0.307 e. The number of thiol groups is 1. The van der Waals surface area contributed by atoms with Gasteiger partial charge in [-0.25, -0.2) is 4.98 Å². The first-order valence-electron chi connectivity index (χ1n) is 3.42. The highest BCUT2D eigenvalue weighted by molar-refractivity contribution is 7.79. The Bertz CT molecular complexity index is 367. The van der Waals surface area contributed by atoms with Gasteiger partial charge in [-0.1, -0.05) is 6.07 Å². The third-order valence-corrected chi connectivity index (χ3v) is 2.00. The van der Waals surface area contributed by atoms with Gasteiger partial charge < -0.3 is 4.40 Å². The molecule has 11 heavy (non-hydrogen) atoms. The van der Waals surface area contributed by atoms with Crippen LogP contribution in [0.25, 0.3) is 5.65 Å². The van der Waals surface area contributed by atoms with Crippen LogP contribution in [-0.2, 0) is 5.75 Å². The van der Waals surface area contributed by atoms with Gasteiger partial charge in [0.1, 0.15) is 5.65 Å². The normalized spacial score (nSPS) is 10.6. The molecule has 2 rings (SSSR count). The Kier molecular flexibility index (Phi) is 1.58. The number of hydrogen-bond acceptors (Lipinski definition) is 2. The van der Waals surface area contributed by atoms with E-state index in [-0.39, 0.29) is 0 Å². The minimum absolute atomic E-state index is 0.772. The summed E-state index contributed by atoms with van der Waals surface area (Å²) in [6.45, 7) is 0. The molecule has 0 aliphatic heterocycles. The topological polar surface area (TPSA) is 17.3 Å². The SMILES string of the molecule is SCc1ccc2nccn2c1. The molecule has 0 N–H and O–H groups in total. The molecule has 2 aromatic rings. The summed E-state index contributed by atoms with van der Waals surface area (Å²) in [4.78, 5) is 4.13. The van der Waals surface area contributed by atoms with Gasteiger partial charge in [0, 0.05) is 24.3 Å². The Labute approximate surface area is 70.3 Å². The van der Waals surface area contributed by atoms with Crippen LogP contribution in [0.5, 0.6) is 0 Å². The fourth-order valence-electron chi connectivity index (χ4n) is 1.06. The van der Waals surface area contributed by atoms with Crippen molar-refractivity contribution in [3.8, 4) is 0 Å². The van der Waals surface area contributed by atoms with Crippen LogP contribution in [0.15, 0.2) is 30.7 Å². The van der Waals surface area contributed by atoms with Gasteiger partial charge in [-0.05, 0) is 11.6 Å². The molecule has 3 heteroatoms. The molecule has 0 fully saturated rings. The maximum atomic E-state index is 4.18. The first kappa shape index (κ1) is 6.73. The van der Waals surface area contributed by atoms with Crippen molar-refractivity contribution in [2.24, 2.45) is 0 Å². The van der Waals surface area contributed by atoms with E-state index in [0.717, 1.165) is 11.4 Å². The van der Waals surface area contributed by atoms with Gasteiger partial charge in [0.05, 0.1) is 0 Å². The van der Waals surface area contributed by atoms with Gasteiger partial charge in [-0.3, -0.25) is 0 Å². The molecule has 0 atom stereocenters. The quantitative estimate of drug-likeness (QED) is 0.636. The van der Waals surface area contributed by atoms with Gasteiger partial charge in [0.25, 0.3) is 0 Å². The Balaban J connectivity index is 2.67. The number of rotatable bonds is 1. The van der Waals surface area contributed by atoms with Crippen molar-refractivity contribution >= 4 is 18.3 Å². The van der Waals surface area contributed by atoms with Crippen molar-refractivity contribution in [3.05, 3.63) is 36.3 Å². The Morgan fingerprint density at radius 1 is 1.45 bits per heavy atom. The van der Waals surface area contributed by atoms with E-state index < -0.39 is 0 Å². The lowest BCUT2D eigenvalue weighted by Gasteiger charge is -1.96. The zero-order valence-corrected chi connectivity index (χ0v) is 6.83. The summed E-state index contributed by atoms with van der Waals surface area (Å²) in [6, 6.07) is 4.03. The lowest BCUT2D eigenvalue weighted by atomic mass is 10.3. The molecule has 0 bridgehead atoms. The Morgan fingerprint density at radius 2 is 2.36 bits per heavy atom. The molecular weight excluding hydrogens is 156 g/mol. The highest BCUT2D eigenvalue weighted by atomic mass is 32.1. The van der Waals surface area contributed by atoms with Crippen LogP contribution < -0.4 is 0 Å². The highest BCUT2D eigenvalue weighted by Crippen LogP contribution is 2.06. The van der Waals surface area contributed by atoms with Crippen LogP contribution in [0, 0.1) is 0 Å². The first-order valence-corrected chi connectivity index (χ1v) is 4.06. The lowest BCUT2D eigenvalue weighted by molar-refractivity contribution is 1.15. The van der Waals surface area contributed by atoms with E-state index in [9.17, 15) is 0 Å². The second kappa shape index (κ2) is 2.58. The van der Waals surface area contributed by atoms with Crippen LogP contribution in [0.3, 0.4) is 0 Å². The summed E-state index contributed by atoms with van der Waals surface area (Å²) in [7, 11) is 0. The third kappa shape index (κ3) is 1.12. The van der Waals surface area contributed by atoms with Crippen LogP contribution >= 0.6 is 12.6 Å². The van der Waals surface area contributed by atoms with Crippen LogP contribution in [0.1, 0.15) is 5.56 Å². The maximum Gasteiger partial charge on any atom is 0.136 e. The highest BCUT2D eigenvalue weighted by Gasteiger charge is 1.93. The number of pyridine rings is 1. The molecule has 2 aromatic heterocycles. The monoisotopic (exact) mass is 164 g/mol. The van der Waals surface area contributed by atoms with Gasteiger partial charge in [-0.15, -0.1) is 0 Å². The summed E-state index contributed by atoms with van der Waals surface area (Å²) in [5.74, 6) is 0.772. The van der Waals surface area contributed by atoms with E-state index in [4.69, 9.17) is 0 Å². The molecule has 0 aliphatic carbocycles. The molecule has 0 spiro atoms. The summed E-state index contributed by atoms with van der Waals surface area (Å²) in [5, 5.41) is 0. The molecule has 0 unspecified atom stereocenters. The number of hydrogen-bond donors (Lipinski definition) is 1. The average molecular weight is 164 g/mol. The van der Waals surface area contributed by atoms with E-state index in [1.165, 1.54) is 5.56 Å². The molecule has 0 saturated carbocycles. The summed E-state index contributed by atoms with van der Waals surface area (Å²) in [6.07, 6.45) is 5.76. The molecule has 56 valence electrons. The van der Waals surface area contributed by atoms with E-state index in [0.29, 0.717) is 0 Å². The number of fused-ring (bicyclic) bond motifs is 1. The third-order valence-electron chi connectivity index (χ3n) is 1.63. The zero-order chi connectivity index (χ0) is 7.68. The number of aromatic nitrogens is 2. The summed E-state index contributed by atoms with van der Waals surface area (Å²) < 4.78 is 1.99. The standard InChI is InChI=1S/C8H8N2S/c11-6-7-1-2-8-9-3-4-10(8)5-7/h1-5,11H,6H2. The maximum absolute atomic E-state index is 4.18. The van der Waals surface area contributed by atoms with E-state index in [1.54, 1.807) is 6.20 Å². The second-order valence-corrected chi connectivity index (χ2v) is 2.70. The Morgan fingerprint density at radius 3 is 3.18 bits per heavy atom. The van der Waals surface area contributed by atoms with Crippen LogP contribution in [0.2, 0.25) is 0 Å². The smallest absolute Gasteiger partial charge is 0.136 e. The van der Waals surface area contributed by atoms with Crippen LogP contribution in [-0.4, -0.2) is 9.38 Å². The minimum Gasteiger partial charge on any atom is -0.307 e. The molecule has 2 nitrogen and oxygen atoms in total. The minimum atomic E-state index is 0.772. The Hall–Kier alpha value is -0.960. The van der Waals surface area contributed by atoms with Crippen LogP contribution in [0.4, 0.5) is 0 Å². The fraction of sp³-hybridized carbons (Fsp3) is 0.125. The second-order valence-electron chi connectivity index (χ2n) is 2.39. The van der Waals surface area contributed by atoms with Gasteiger partial charge in [-0.2, -0.15) is 12.6 Å². The predicted molar refractivity (Wildman–Crippen MR) is 47.9 cm³/mol. The van der Waals surface area contributed by atoms with Crippen molar-refractivity contribution in [2.75, 3.05) is 0 Å².